The minimum atomic E-state index is -0.317. The largest absolute Gasteiger partial charge is 0.465 e. The molecule has 1 aromatic carbocycles. The molecule has 0 atom stereocenters. The first kappa shape index (κ1) is 13.4. The first-order valence-electron chi connectivity index (χ1n) is 6.24. The number of rotatable bonds is 4. The smallest absolute Gasteiger partial charge is 0.410 e. The van der Waals surface area contributed by atoms with E-state index in [0.717, 1.165) is 5.56 Å². The summed E-state index contributed by atoms with van der Waals surface area (Å²) in [7, 11) is 0. The summed E-state index contributed by atoms with van der Waals surface area (Å²) in [6.07, 6.45) is -0.317. The zero-order valence-electron chi connectivity index (χ0n) is 10.9. The van der Waals surface area contributed by atoms with Crippen LogP contribution in [-0.2, 0) is 20.9 Å². The molecule has 5 nitrogen and oxygen atoms in total. The van der Waals surface area contributed by atoms with Gasteiger partial charge in [-0.25, -0.2) is 4.79 Å². The molecule has 0 aromatic heterocycles. The Morgan fingerprint density at radius 1 is 1.21 bits per heavy atom. The van der Waals surface area contributed by atoms with Gasteiger partial charge in [-0.1, -0.05) is 30.3 Å². The fourth-order valence-electron chi connectivity index (χ4n) is 1.87. The Kier molecular flexibility index (Phi) is 4.39. The van der Waals surface area contributed by atoms with Crippen LogP contribution in [0.2, 0.25) is 0 Å². The number of carbonyl (C=O) groups excluding carboxylic acids is 2. The van der Waals surface area contributed by atoms with Gasteiger partial charge in [-0.15, -0.1) is 0 Å². The number of likely N-dealkylation sites (tertiary alicyclic amines) is 1. The van der Waals surface area contributed by atoms with E-state index in [1.54, 1.807) is 4.90 Å². The van der Waals surface area contributed by atoms with Crippen LogP contribution in [0, 0.1) is 5.92 Å². The predicted molar refractivity (Wildman–Crippen MR) is 68.3 cm³/mol. The van der Waals surface area contributed by atoms with Crippen molar-refractivity contribution in [2.45, 2.75) is 13.5 Å². The lowest BCUT2D eigenvalue weighted by Crippen LogP contribution is -2.51. The number of amides is 1. The van der Waals surface area contributed by atoms with E-state index < -0.39 is 0 Å². The molecule has 1 aliphatic rings. The van der Waals surface area contributed by atoms with Gasteiger partial charge in [0.15, 0.2) is 0 Å². The van der Waals surface area contributed by atoms with Gasteiger partial charge in [-0.2, -0.15) is 0 Å². The Hall–Kier alpha value is -2.04. The average Bonchev–Trinajstić information content (AvgIpc) is 2.35. The van der Waals surface area contributed by atoms with Crippen LogP contribution >= 0.6 is 0 Å². The van der Waals surface area contributed by atoms with Crippen molar-refractivity contribution in [3.8, 4) is 0 Å². The average molecular weight is 263 g/mol. The molecule has 1 aliphatic heterocycles. The molecule has 1 amide bonds. The van der Waals surface area contributed by atoms with Crippen LogP contribution in [0.15, 0.2) is 30.3 Å². The predicted octanol–water partition coefficient (Wildman–Crippen LogP) is 1.82. The van der Waals surface area contributed by atoms with Crippen molar-refractivity contribution < 1.29 is 19.1 Å². The number of esters is 1. The first-order valence-corrected chi connectivity index (χ1v) is 6.24. The zero-order chi connectivity index (χ0) is 13.7. The molecular formula is C14H17NO4. The zero-order valence-corrected chi connectivity index (χ0v) is 10.9. The van der Waals surface area contributed by atoms with E-state index in [1.165, 1.54) is 6.92 Å². The lowest BCUT2D eigenvalue weighted by molar-refractivity contribution is -0.143. The highest BCUT2D eigenvalue weighted by atomic mass is 16.6. The second kappa shape index (κ2) is 6.22. The van der Waals surface area contributed by atoms with Crippen LogP contribution in [0.5, 0.6) is 0 Å². The molecule has 0 spiro atoms. The molecule has 0 saturated carbocycles. The number of carbonyl (C=O) groups is 2. The molecule has 1 heterocycles. The first-order chi connectivity index (χ1) is 9.15. The Balaban J connectivity index is 1.65. The summed E-state index contributed by atoms with van der Waals surface area (Å²) in [5, 5.41) is 0. The maximum Gasteiger partial charge on any atom is 0.410 e. The minimum absolute atomic E-state index is 0.230. The van der Waals surface area contributed by atoms with Crippen molar-refractivity contribution in [2.75, 3.05) is 19.7 Å². The van der Waals surface area contributed by atoms with Crippen LogP contribution in [0.25, 0.3) is 0 Å². The summed E-state index contributed by atoms with van der Waals surface area (Å²) < 4.78 is 10.1. The summed E-state index contributed by atoms with van der Waals surface area (Å²) in [4.78, 5) is 23.9. The van der Waals surface area contributed by atoms with Crippen molar-refractivity contribution in [1.29, 1.82) is 0 Å². The van der Waals surface area contributed by atoms with E-state index in [4.69, 9.17) is 9.47 Å². The molecule has 1 aromatic rings. The molecule has 19 heavy (non-hydrogen) atoms. The fraction of sp³-hybridized carbons (Fsp3) is 0.429. The van der Waals surface area contributed by atoms with Crippen LogP contribution < -0.4 is 0 Å². The molecule has 0 radical (unpaired) electrons. The molecule has 2 rings (SSSR count). The highest BCUT2D eigenvalue weighted by Crippen LogP contribution is 2.17. The summed E-state index contributed by atoms with van der Waals surface area (Å²) in [5.41, 5.74) is 0.966. The Morgan fingerprint density at radius 2 is 1.89 bits per heavy atom. The van der Waals surface area contributed by atoms with Gasteiger partial charge in [0.05, 0.1) is 6.61 Å². The maximum atomic E-state index is 11.7. The van der Waals surface area contributed by atoms with Crippen LogP contribution in [-0.4, -0.2) is 36.7 Å². The highest BCUT2D eigenvalue weighted by Gasteiger charge is 2.32. The van der Waals surface area contributed by atoms with Crippen molar-refractivity contribution in [3.05, 3.63) is 35.9 Å². The monoisotopic (exact) mass is 263 g/mol. The van der Waals surface area contributed by atoms with Gasteiger partial charge in [-0.05, 0) is 5.56 Å². The Morgan fingerprint density at radius 3 is 2.53 bits per heavy atom. The minimum Gasteiger partial charge on any atom is -0.465 e. The van der Waals surface area contributed by atoms with Gasteiger partial charge in [0, 0.05) is 25.9 Å². The van der Waals surface area contributed by atoms with Gasteiger partial charge in [0.2, 0.25) is 0 Å². The van der Waals surface area contributed by atoms with E-state index in [1.807, 2.05) is 30.3 Å². The number of benzene rings is 1. The van der Waals surface area contributed by atoms with E-state index in [2.05, 4.69) is 0 Å². The molecular weight excluding hydrogens is 246 g/mol. The van der Waals surface area contributed by atoms with Crippen molar-refractivity contribution in [1.82, 2.24) is 4.90 Å². The lowest BCUT2D eigenvalue weighted by atomic mass is 10.0. The number of hydrogen-bond acceptors (Lipinski definition) is 4. The van der Waals surface area contributed by atoms with E-state index in [0.29, 0.717) is 19.7 Å². The summed E-state index contributed by atoms with van der Waals surface area (Å²) in [5.74, 6) is -0.0571. The highest BCUT2D eigenvalue weighted by molar-refractivity contribution is 5.69. The van der Waals surface area contributed by atoms with E-state index >= 15 is 0 Å². The van der Waals surface area contributed by atoms with E-state index in [-0.39, 0.29) is 24.6 Å². The Bertz CT molecular complexity index is 440. The molecule has 5 heteroatoms. The molecule has 0 aliphatic carbocycles. The molecule has 0 N–H and O–H groups in total. The number of nitrogens with zero attached hydrogens (tertiary/aromatic N) is 1. The van der Waals surface area contributed by atoms with Crippen LogP contribution in [0.3, 0.4) is 0 Å². The van der Waals surface area contributed by atoms with Gasteiger partial charge in [0.1, 0.15) is 6.61 Å². The number of hydrogen-bond donors (Lipinski definition) is 0. The topological polar surface area (TPSA) is 55.8 Å². The SMILES string of the molecule is CC(=O)OCC1CN(C(=O)OCc2ccccc2)C1. The normalized spacial score (nSPS) is 14.7. The summed E-state index contributed by atoms with van der Waals surface area (Å²) in [6.45, 7) is 3.20. The third-order valence-corrected chi connectivity index (χ3v) is 2.94. The maximum absolute atomic E-state index is 11.7. The van der Waals surface area contributed by atoms with Crippen LogP contribution in [0.1, 0.15) is 12.5 Å². The molecule has 102 valence electrons. The van der Waals surface area contributed by atoms with Crippen molar-refractivity contribution in [2.24, 2.45) is 5.92 Å². The summed E-state index contributed by atoms with van der Waals surface area (Å²) in [6, 6.07) is 9.55. The third kappa shape index (κ3) is 3.98. The Labute approximate surface area is 112 Å². The fourth-order valence-corrected chi connectivity index (χ4v) is 1.87. The van der Waals surface area contributed by atoms with Gasteiger partial charge in [-0.3, -0.25) is 4.79 Å². The van der Waals surface area contributed by atoms with Gasteiger partial charge >= 0.3 is 12.1 Å². The standard InChI is InChI=1S/C14H17NO4/c1-11(16)18-10-13-7-15(8-13)14(17)19-9-12-5-3-2-4-6-12/h2-6,13H,7-10H2,1H3. The second-order valence-electron chi connectivity index (χ2n) is 4.61. The second-order valence-corrected chi connectivity index (χ2v) is 4.61. The van der Waals surface area contributed by atoms with Crippen LogP contribution in [0.4, 0.5) is 4.79 Å². The van der Waals surface area contributed by atoms with E-state index in [9.17, 15) is 9.59 Å². The molecule has 0 unspecified atom stereocenters. The van der Waals surface area contributed by atoms with Gasteiger partial charge in [0.25, 0.3) is 0 Å². The van der Waals surface area contributed by atoms with Gasteiger partial charge < -0.3 is 14.4 Å². The molecule has 1 fully saturated rings. The van der Waals surface area contributed by atoms with Crippen molar-refractivity contribution in [3.63, 3.8) is 0 Å². The summed E-state index contributed by atoms with van der Waals surface area (Å²) >= 11 is 0. The number of ether oxygens (including phenoxy) is 2. The molecule has 0 bridgehead atoms. The lowest BCUT2D eigenvalue weighted by Gasteiger charge is -2.37. The quantitative estimate of drug-likeness (QED) is 0.777. The molecule has 1 saturated heterocycles. The van der Waals surface area contributed by atoms with Crippen molar-refractivity contribution >= 4 is 12.1 Å². The third-order valence-electron chi connectivity index (χ3n) is 2.94.